The van der Waals surface area contributed by atoms with Crippen molar-refractivity contribution in [3.05, 3.63) is 28.5 Å². The van der Waals surface area contributed by atoms with Crippen LogP contribution in [0.1, 0.15) is 29.6 Å². The van der Waals surface area contributed by atoms with Crippen molar-refractivity contribution < 1.29 is 19.1 Å². The van der Waals surface area contributed by atoms with Crippen LogP contribution >= 0.6 is 15.9 Å². The van der Waals surface area contributed by atoms with E-state index in [1.54, 1.807) is 17.2 Å². The van der Waals surface area contributed by atoms with Gasteiger partial charge in [-0.3, -0.25) is 14.6 Å². The molecule has 6 nitrogen and oxygen atoms in total. The molecule has 120 valence electrons. The fourth-order valence-electron chi connectivity index (χ4n) is 2.35. The van der Waals surface area contributed by atoms with Gasteiger partial charge in [0, 0.05) is 36.6 Å². The maximum atomic E-state index is 12.6. The average Bonchev–Trinajstić information content (AvgIpc) is 3.03. The van der Waals surface area contributed by atoms with Crippen molar-refractivity contribution in [2.24, 2.45) is 0 Å². The SMILES string of the molecule is COC(=O)CCN(CC1CCCO1)C(=O)c1cncc(Br)c1. The van der Waals surface area contributed by atoms with Gasteiger partial charge in [0.25, 0.3) is 5.91 Å². The summed E-state index contributed by atoms with van der Waals surface area (Å²) in [5.41, 5.74) is 0.484. The van der Waals surface area contributed by atoms with Crippen LogP contribution in [0.5, 0.6) is 0 Å². The first-order valence-corrected chi connectivity index (χ1v) is 7.97. The number of ether oxygens (including phenoxy) is 2. The molecule has 7 heteroatoms. The van der Waals surface area contributed by atoms with Crippen LogP contribution in [0.15, 0.2) is 22.9 Å². The first-order valence-electron chi connectivity index (χ1n) is 7.18. The lowest BCUT2D eigenvalue weighted by molar-refractivity contribution is -0.140. The summed E-state index contributed by atoms with van der Waals surface area (Å²) in [5, 5.41) is 0. The Hall–Kier alpha value is -1.47. The maximum Gasteiger partial charge on any atom is 0.307 e. The van der Waals surface area contributed by atoms with Crippen LogP contribution in [0.25, 0.3) is 0 Å². The Kier molecular flexibility index (Phi) is 6.33. The number of methoxy groups -OCH3 is 1. The molecule has 1 aromatic rings. The topological polar surface area (TPSA) is 68.7 Å². The van der Waals surface area contributed by atoms with Crippen LogP contribution < -0.4 is 0 Å². The molecule has 1 saturated heterocycles. The number of aromatic nitrogens is 1. The van der Waals surface area contributed by atoms with E-state index >= 15 is 0 Å². The summed E-state index contributed by atoms with van der Waals surface area (Å²) in [6, 6.07) is 1.72. The van der Waals surface area contributed by atoms with Gasteiger partial charge in [0.1, 0.15) is 0 Å². The number of halogens is 1. The highest BCUT2D eigenvalue weighted by Crippen LogP contribution is 2.17. The first kappa shape index (κ1) is 16.9. The van der Waals surface area contributed by atoms with E-state index < -0.39 is 0 Å². The molecule has 1 unspecified atom stereocenters. The lowest BCUT2D eigenvalue weighted by Crippen LogP contribution is -2.39. The molecule has 2 rings (SSSR count). The summed E-state index contributed by atoms with van der Waals surface area (Å²) in [7, 11) is 1.34. The minimum atomic E-state index is -0.336. The smallest absolute Gasteiger partial charge is 0.307 e. The van der Waals surface area contributed by atoms with Crippen molar-refractivity contribution in [2.75, 3.05) is 26.8 Å². The monoisotopic (exact) mass is 370 g/mol. The quantitative estimate of drug-likeness (QED) is 0.716. The number of carbonyl (C=O) groups excluding carboxylic acids is 2. The Morgan fingerprint density at radius 2 is 2.32 bits per heavy atom. The van der Waals surface area contributed by atoms with Crippen LogP contribution in [-0.4, -0.2) is 54.7 Å². The van der Waals surface area contributed by atoms with Gasteiger partial charge in [0.2, 0.25) is 0 Å². The first-order chi connectivity index (χ1) is 10.6. The zero-order valence-electron chi connectivity index (χ0n) is 12.5. The highest BCUT2D eigenvalue weighted by molar-refractivity contribution is 9.10. The number of carbonyl (C=O) groups is 2. The number of amides is 1. The zero-order chi connectivity index (χ0) is 15.9. The highest BCUT2D eigenvalue weighted by atomic mass is 79.9. The molecule has 1 fully saturated rings. The molecule has 0 aromatic carbocycles. The minimum absolute atomic E-state index is 0.0294. The number of esters is 1. The Bertz CT molecular complexity index is 532. The summed E-state index contributed by atoms with van der Waals surface area (Å²) in [6.45, 7) is 1.50. The molecule has 0 radical (unpaired) electrons. The van der Waals surface area contributed by atoms with Crippen LogP contribution in [0.3, 0.4) is 0 Å². The van der Waals surface area contributed by atoms with E-state index in [-0.39, 0.29) is 24.4 Å². The standard InChI is InChI=1S/C15H19BrN2O4/c1-21-14(19)4-5-18(10-13-3-2-6-22-13)15(20)11-7-12(16)9-17-8-11/h7-9,13H,2-6,10H2,1H3. The van der Waals surface area contributed by atoms with Gasteiger partial charge in [0.15, 0.2) is 0 Å². The third-order valence-corrected chi connectivity index (χ3v) is 3.93. The number of hydrogen-bond donors (Lipinski definition) is 0. The van der Waals surface area contributed by atoms with Crippen molar-refractivity contribution in [2.45, 2.75) is 25.4 Å². The molecule has 0 spiro atoms. The lowest BCUT2D eigenvalue weighted by atomic mass is 10.2. The van der Waals surface area contributed by atoms with Crippen molar-refractivity contribution >= 4 is 27.8 Å². The molecule has 1 atom stereocenters. The van der Waals surface area contributed by atoms with E-state index in [4.69, 9.17) is 4.74 Å². The van der Waals surface area contributed by atoms with E-state index in [9.17, 15) is 9.59 Å². The molecule has 0 N–H and O–H groups in total. The number of hydrogen-bond acceptors (Lipinski definition) is 5. The van der Waals surface area contributed by atoms with E-state index in [2.05, 4.69) is 25.7 Å². The number of rotatable bonds is 6. The van der Waals surface area contributed by atoms with Gasteiger partial charge >= 0.3 is 5.97 Å². The van der Waals surface area contributed by atoms with Crippen molar-refractivity contribution in [3.63, 3.8) is 0 Å². The predicted molar refractivity (Wildman–Crippen MR) is 83.4 cm³/mol. The van der Waals surface area contributed by atoms with Crippen LogP contribution in [0, 0.1) is 0 Å². The summed E-state index contributed by atoms with van der Waals surface area (Å²) in [5.74, 6) is -0.495. The summed E-state index contributed by atoms with van der Waals surface area (Å²) < 4.78 is 11.0. The Labute approximate surface area is 137 Å². The van der Waals surface area contributed by atoms with E-state index in [1.165, 1.54) is 13.3 Å². The molecule has 1 amide bonds. The summed E-state index contributed by atoms with van der Waals surface area (Å²) >= 11 is 3.31. The molecule has 1 aromatic heterocycles. The third kappa shape index (κ3) is 4.78. The van der Waals surface area contributed by atoms with Gasteiger partial charge < -0.3 is 14.4 Å². The predicted octanol–water partition coefficient (Wildman–Crippen LogP) is 2.03. The molecule has 1 aliphatic heterocycles. The molecule has 1 aliphatic rings. The van der Waals surface area contributed by atoms with Crippen LogP contribution in [0.2, 0.25) is 0 Å². The lowest BCUT2D eigenvalue weighted by Gasteiger charge is -2.25. The van der Waals surface area contributed by atoms with Crippen molar-refractivity contribution in [3.8, 4) is 0 Å². The van der Waals surface area contributed by atoms with Gasteiger partial charge in [-0.25, -0.2) is 0 Å². The van der Waals surface area contributed by atoms with Gasteiger partial charge in [-0.05, 0) is 34.8 Å². The third-order valence-electron chi connectivity index (χ3n) is 3.50. The highest BCUT2D eigenvalue weighted by Gasteiger charge is 2.24. The van der Waals surface area contributed by atoms with E-state index in [1.807, 2.05) is 0 Å². The zero-order valence-corrected chi connectivity index (χ0v) is 14.0. The second-order valence-electron chi connectivity index (χ2n) is 5.10. The van der Waals surface area contributed by atoms with E-state index in [0.29, 0.717) is 18.7 Å². The molecule has 0 bridgehead atoms. The average molecular weight is 371 g/mol. The second-order valence-corrected chi connectivity index (χ2v) is 6.02. The second kappa shape index (κ2) is 8.24. The van der Waals surface area contributed by atoms with Gasteiger partial charge in [-0.15, -0.1) is 0 Å². The molecule has 2 heterocycles. The molecular weight excluding hydrogens is 352 g/mol. The minimum Gasteiger partial charge on any atom is -0.469 e. The molecule has 0 aliphatic carbocycles. The normalized spacial score (nSPS) is 17.3. The van der Waals surface area contributed by atoms with Gasteiger partial charge in [0.05, 0.1) is 25.2 Å². The molecule has 0 saturated carbocycles. The summed E-state index contributed by atoms with van der Waals surface area (Å²) in [4.78, 5) is 29.6. The maximum absolute atomic E-state index is 12.6. The number of pyridine rings is 1. The molecular formula is C15H19BrN2O4. The fraction of sp³-hybridized carbons (Fsp3) is 0.533. The number of nitrogens with zero attached hydrogens (tertiary/aromatic N) is 2. The Balaban J connectivity index is 2.07. The van der Waals surface area contributed by atoms with E-state index in [0.717, 1.165) is 23.9 Å². The van der Waals surface area contributed by atoms with Crippen LogP contribution in [-0.2, 0) is 14.3 Å². The molecule has 22 heavy (non-hydrogen) atoms. The summed E-state index contributed by atoms with van der Waals surface area (Å²) in [6.07, 6.45) is 5.27. The van der Waals surface area contributed by atoms with Crippen molar-refractivity contribution in [1.29, 1.82) is 0 Å². The largest absolute Gasteiger partial charge is 0.469 e. The van der Waals surface area contributed by atoms with Gasteiger partial charge in [-0.2, -0.15) is 0 Å². The van der Waals surface area contributed by atoms with Crippen LogP contribution in [0.4, 0.5) is 0 Å². The Morgan fingerprint density at radius 3 is 2.95 bits per heavy atom. The Morgan fingerprint density at radius 1 is 1.50 bits per heavy atom. The van der Waals surface area contributed by atoms with Gasteiger partial charge in [-0.1, -0.05) is 0 Å². The van der Waals surface area contributed by atoms with Crippen molar-refractivity contribution in [1.82, 2.24) is 9.88 Å². The fourth-order valence-corrected chi connectivity index (χ4v) is 2.71.